The van der Waals surface area contributed by atoms with E-state index in [-0.39, 0.29) is 11.1 Å². The first-order valence-electron chi connectivity index (χ1n) is 7.70. The molecule has 4 bridgehead atoms. The number of aromatic nitrogens is 2. The highest BCUT2D eigenvalue weighted by Gasteiger charge is 2.52. The maximum atomic E-state index is 12.6. The van der Waals surface area contributed by atoms with Crippen molar-refractivity contribution in [3.05, 3.63) is 22.1 Å². The Labute approximate surface area is 113 Å². The average molecular weight is 261 g/mol. The van der Waals surface area contributed by atoms with Gasteiger partial charge in [-0.15, -0.1) is 0 Å². The molecule has 3 N–H and O–H groups in total. The van der Waals surface area contributed by atoms with E-state index in [0.717, 1.165) is 23.3 Å². The molecule has 1 aromatic heterocycles. The summed E-state index contributed by atoms with van der Waals surface area (Å²) in [6.45, 7) is 0.550. The Morgan fingerprint density at radius 1 is 1.21 bits per heavy atom. The standard InChI is InChI=1S/C15H23N3O/c16-2-1-13-9-17-18(14(13)19)15-6-10-3-11(7-15)5-12(4-10)8-15/h9-12,17H,1-8,16H2. The number of hydrogen-bond donors (Lipinski definition) is 2. The van der Waals surface area contributed by atoms with Gasteiger partial charge in [-0.05, 0) is 69.2 Å². The zero-order valence-corrected chi connectivity index (χ0v) is 11.4. The van der Waals surface area contributed by atoms with Gasteiger partial charge in [0.1, 0.15) is 0 Å². The number of hydrogen-bond acceptors (Lipinski definition) is 2. The van der Waals surface area contributed by atoms with Crippen LogP contribution in [0.3, 0.4) is 0 Å². The van der Waals surface area contributed by atoms with Crippen LogP contribution in [0.4, 0.5) is 0 Å². The summed E-state index contributed by atoms with van der Waals surface area (Å²) in [5, 5.41) is 3.26. The van der Waals surface area contributed by atoms with E-state index in [0.29, 0.717) is 13.0 Å². The largest absolute Gasteiger partial charge is 0.330 e. The molecular weight excluding hydrogens is 238 g/mol. The lowest BCUT2D eigenvalue weighted by Crippen LogP contribution is -2.54. The molecule has 19 heavy (non-hydrogen) atoms. The lowest BCUT2D eigenvalue weighted by molar-refractivity contribution is -0.0510. The van der Waals surface area contributed by atoms with E-state index in [9.17, 15) is 4.79 Å². The molecule has 0 aliphatic heterocycles. The molecule has 1 heterocycles. The van der Waals surface area contributed by atoms with E-state index in [2.05, 4.69) is 5.10 Å². The molecule has 4 saturated carbocycles. The van der Waals surface area contributed by atoms with E-state index in [4.69, 9.17) is 5.73 Å². The van der Waals surface area contributed by atoms with Crippen molar-refractivity contribution in [1.82, 2.24) is 9.78 Å². The normalized spacial score (nSPS) is 39.9. The summed E-state index contributed by atoms with van der Waals surface area (Å²) in [7, 11) is 0. The van der Waals surface area contributed by atoms with Gasteiger partial charge in [0.15, 0.2) is 0 Å². The fourth-order valence-corrected chi connectivity index (χ4v) is 5.43. The van der Waals surface area contributed by atoms with Crippen LogP contribution in [0.2, 0.25) is 0 Å². The number of nitrogens with zero attached hydrogens (tertiary/aromatic N) is 1. The first-order valence-corrected chi connectivity index (χ1v) is 7.70. The highest BCUT2D eigenvalue weighted by Crippen LogP contribution is 2.58. The zero-order valence-electron chi connectivity index (χ0n) is 11.4. The van der Waals surface area contributed by atoms with Crippen LogP contribution in [-0.4, -0.2) is 16.3 Å². The van der Waals surface area contributed by atoms with Gasteiger partial charge in [0, 0.05) is 11.8 Å². The molecule has 5 rings (SSSR count). The predicted molar refractivity (Wildman–Crippen MR) is 74.0 cm³/mol. The minimum absolute atomic E-state index is 0.110. The van der Waals surface area contributed by atoms with E-state index in [1.807, 2.05) is 10.9 Å². The van der Waals surface area contributed by atoms with Gasteiger partial charge in [0.2, 0.25) is 0 Å². The number of nitrogens with one attached hydrogen (secondary N) is 1. The van der Waals surface area contributed by atoms with E-state index in [1.54, 1.807) is 0 Å². The lowest BCUT2D eigenvalue weighted by Gasteiger charge is -2.56. The van der Waals surface area contributed by atoms with Crippen molar-refractivity contribution < 1.29 is 0 Å². The second kappa shape index (κ2) is 3.98. The third kappa shape index (κ3) is 1.65. The Balaban J connectivity index is 1.74. The number of nitrogens with two attached hydrogens (primary N) is 1. The van der Waals surface area contributed by atoms with Crippen LogP contribution < -0.4 is 11.3 Å². The van der Waals surface area contributed by atoms with Crippen LogP contribution >= 0.6 is 0 Å². The Bertz CT molecular complexity index is 507. The summed E-state index contributed by atoms with van der Waals surface area (Å²) in [5.74, 6) is 2.58. The van der Waals surface area contributed by atoms with Gasteiger partial charge in [-0.25, -0.2) is 4.68 Å². The zero-order chi connectivity index (χ0) is 13.0. The molecular formula is C15H23N3O. The summed E-state index contributed by atoms with van der Waals surface area (Å²) in [4.78, 5) is 12.6. The van der Waals surface area contributed by atoms with E-state index >= 15 is 0 Å². The molecule has 0 amide bonds. The fraction of sp³-hybridized carbons (Fsp3) is 0.800. The fourth-order valence-electron chi connectivity index (χ4n) is 5.43. The minimum Gasteiger partial charge on any atom is -0.330 e. The number of rotatable bonds is 3. The Morgan fingerprint density at radius 2 is 1.79 bits per heavy atom. The van der Waals surface area contributed by atoms with Gasteiger partial charge < -0.3 is 10.8 Å². The minimum atomic E-state index is 0.110. The summed E-state index contributed by atoms with van der Waals surface area (Å²) in [6.07, 6.45) is 10.4. The second-order valence-electron chi connectivity index (χ2n) is 7.12. The molecule has 4 aliphatic rings. The van der Waals surface area contributed by atoms with Gasteiger partial charge in [0.05, 0.1) is 5.54 Å². The highest BCUT2D eigenvalue weighted by molar-refractivity contribution is 5.11. The van der Waals surface area contributed by atoms with Crippen molar-refractivity contribution in [2.24, 2.45) is 23.5 Å². The average Bonchev–Trinajstić information content (AvgIpc) is 2.70. The first-order chi connectivity index (χ1) is 9.20. The van der Waals surface area contributed by atoms with Crippen molar-refractivity contribution in [3.8, 4) is 0 Å². The van der Waals surface area contributed by atoms with Gasteiger partial charge >= 0.3 is 0 Å². The van der Waals surface area contributed by atoms with Crippen molar-refractivity contribution in [2.45, 2.75) is 50.5 Å². The van der Waals surface area contributed by atoms with Crippen LogP contribution in [0.5, 0.6) is 0 Å². The third-order valence-corrected chi connectivity index (χ3v) is 5.74. The van der Waals surface area contributed by atoms with E-state index in [1.165, 1.54) is 38.5 Å². The third-order valence-electron chi connectivity index (χ3n) is 5.74. The Morgan fingerprint density at radius 3 is 2.32 bits per heavy atom. The van der Waals surface area contributed by atoms with Gasteiger partial charge in [-0.1, -0.05) is 0 Å². The van der Waals surface area contributed by atoms with Crippen molar-refractivity contribution in [1.29, 1.82) is 0 Å². The van der Waals surface area contributed by atoms with Crippen LogP contribution in [0.25, 0.3) is 0 Å². The molecule has 0 radical (unpaired) electrons. The molecule has 4 nitrogen and oxygen atoms in total. The van der Waals surface area contributed by atoms with Crippen LogP contribution in [0, 0.1) is 17.8 Å². The maximum absolute atomic E-state index is 12.6. The molecule has 1 aromatic rings. The number of H-pyrrole nitrogens is 1. The maximum Gasteiger partial charge on any atom is 0.270 e. The SMILES string of the molecule is NCCc1c[nH]n(C23CC4CC(CC(C4)C2)C3)c1=O. The highest BCUT2D eigenvalue weighted by atomic mass is 16.1. The second-order valence-corrected chi connectivity index (χ2v) is 7.12. The van der Waals surface area contributed by atoms with Crippen molar-refractivity contribution in [2.75, 3.05) is 6.54 Å². The summed E-state index contributed by atoms with van der Waals surface area (Å²) in [5.41, 5.74) is 6.74. The molecule has 0 unspecified atom stereocenters. The summed E-state index contributed by atoms with van der Waals surface area (Å²) in [6, 6.07) is 0. The van der Waals surface area contributed by atoms with Crippen molar-refractivity contribution >= 4 is 0 Å². The Hall–Kier alpha value is -1.03. The molecule has 0 spiro atoms. The molecule has 0 atom stereocenters. The first kappa shape index (κ1) is 11.8. The van der Waals surface area contributed by atoms with Gasteiger partial charge in [0.25, 0.3) is 5.56 Å². The molecule has 4 aliphatic carbocycles. The topological polar surface area (TPSA) is 63.8 Å². The monoisotopic (exact) mass is 261 g/mol. The van der Waals surface area contributed by atoms with Gasteiger partial charge in [-0.2, -0.15) is 0 Å². The molecule has 0 aromatic carbocycles. The van der Waals surface area contributed by atoms with Crippen LogP contribution in [-0.2, 0) is 12.0 Å². The Kier molecular flexibility index (Phi) is 2.47. The van der Waals surface area contributed by atoms with E-state index < -0.39 is 0 Å². The number of aromatic amines is 1. The predicted octanol–water partition coefficient (Wildman–Crippen LogP) is 1.60. The quantitative estimate of drug-likeness (QED) is 0.868. The summed E-state index contributed by atoms with van der Waals surface area (Å²) < 4.78 is 1.97. The van der Waals surface area contributed by atoms with Crippen molar-refractivity contribution in [3.63, 3.8) is 0 Å². The van der Waals surface area contributed by atoms with Crippen LogP contribution in [0.15, 0.2) is 11.0 Å². The molecule has 4 heteroatoms. The van der Waals surface area contributed by atoms with Gasteiger partial charge in [-0.3, -0.25) is 4.79 Å². The molecule has 4 fully saturated rings. The summed E-state index contributed by atoms with van der Waals surface area (Å²) >= 11 is 0. The lowest BCUT2D eigenvalue weighted by atomic mass is 9.53. The molecule has 104 valence electrons. The molecule has 0 saturated heterocycles. The smallest absolute Gasteiger partial charge is 0.270 e. The van der Waals surface area contributed by atoms with Crippen LogP contribution in [0.1, 0.15) is 44.1 Å².